The molecule has 2 aromatic carbocycles. The number of ether oxygens (including phenoxy) is 1. The number of benzene rings is 2. The second-order valence-corrected chi connectivity index (χ2v) is 9.78. The lowest BCUT2D eigenvalue weighted by Crippen LogP contribution is -2.51. The minimum Gasteiger partial charge on any atom is -0.497 e. The minimum atomic E-state index is 0.0829. The van der Waals surface area contributed by atoms with Gasteiger partial charge in [-0.05, 0) is 48.9 Å². The maximum atomic E-state index is 12.3. The minimum absolute atomic E-state index is 0.0829. The molecule has 0 bridgehead atoms. The summed E-state index contributed by atoms with van der Waals surface area (Å²) in [5.74, 6) is 0.837. The third kappa shape index (κ3) is 4.05. The van der Waals surface area contributed by atoms with Crippen molar-refractivity contribution in [3.63, 3.8) is 0 Å². The summed E-state index contributed by atoms with van der Waals surface area (Å²) in [7, 11) is 5.30. The molecule has 5 rings (SSSR count). The molecule has 4 aromatic rings. The molecular weight excluding hydrogens is 434 g/mol. The lowest BCUT2D eigenvalue weighted by Gasteiger charge is -2.35. The molecule has 2 amide bonds. The Balaban J connectivity index is 1.52. The highest BCUT2D eigenvalue weighted by atomic mass is 32.1. The van der Waals surface area contributed by atoms with E-state index in [1.165, 1.54) is 21.5 Å². The van der Waals surface area contributed by atoms with E-state index in [0.29, 0.717) is 0 Å². The summed E-state index contributed by atoms with van der Waals surface area (Å²) in [6, 6.07) is 14.8. The van der Waals surface area contributed by atoms with Gasteiger partial charge in [-0.25, -0.2) is 9.78 Å². The van der Waals surface area contributed by atoms with Crippen LogP contribution in [0.4, 0.5) is 4.79 Å². The number of rotatable bonds is 4. The number of hydrogen-bond donors (Lipinski definition) is 0. The van der Waals surface area contributed by atoms with Crippen molar-refractivity contribution >= 4 is 32.5 Å². The molecule has 0 unspecified atom stereocenters. The van der Waals surface area contributed by atoms with Gasteiger partial charge in [-0.1, -0.05) is 17.4 Å². The van der Waals surface area contributed by atoms with Gasteiger partial charge in [-0.3, -0.25) is 9.30 Å². The molecule has 1 saturated heterocycles. The van der Waals surface area contributed by atoms with Crippen molar-refractivity contribution in [1.82, 2.24) is 24.1 Å². The third-order valence-corrected chi connectivity index (χ3v) is 7.27. The van der Waals surface area contributed by atoms with Crippen LogP contribution < -0.4 is 4.74 Å². The number of aryl methyl sites for hydroxylation is 1. The van der Waals surface area contributed by atoms with Crippen LogP contribution in [0.3, 0.4) is 0 Å². The van der Waals surface area contributed by atoms with Gasteiger partial charge in [0.2, 0.25) is 0 Å². The smallest absolute Gasteiger partial charge is 0.319 e. The second-order valence-electron chi connectivity index (χ2n) is 8.77. The number of piperazine rings is 1. The SMILES string of the molecule is COc1ccc(-c2nc3sc4cc(C)ccc4n3c2CN2CCN(C(=O)N(C)C)CC2)cc1. The number of fused-ring (bicyclic) bond motifs is 3. The van der Waals surface area contributed by atoms with E-state index in [4.69, 9.17) is 9.72 Å². The van der Waals surface area contributed by atoms with Gasteiger partial charge in [-0.15, -0.1) is 0 Å². The molecule has 0 spiro atoms. The number of nitrogens with zero attached hydrogens (tertiary/aromatic N) is 5. The molecule has 1 aliphatic heterocycles. The van der Waals surface area contributed by atoms with Gasteiger partial charge in [0.1, 0.15) is 5.75 Å². The van der Waals surface area contributed by atoms with Crippen LogP contribution in [0.25, 0.3) is 26.4 Å². The van der Waals surface area contributed by atoms with Gasteiger partial charge in [0.25, 0.3) is 0 Å². The van der Waals surface area contributed by atoms with E-state index in [1.807, 2.05) is 31.1 Å². The molecule has 1 aliphatic rings. The van der Waals surface area contributed by atoms with Crippen molar-refractivity contribution in [2.24, 2.45) is 0 Å². The Hall–Kier alpha value is -3.10. The van der Waals surface area contributed by atoms with Gasteiger partial charge in [0.15, 0.2) is 4.96 Å². The van der Waals surface area contributed by atoms with Crippen molar-refractivity contribution < 1.29 is 9.53 Å². The van der Waals surface area contributed by atoms with Gasteiger partial charge in [0, 0.05) is 52.4 Å². The van der Waals surface area contributed by atoms with Gasteiger partial charge < -0.3 is 14.5 Å². The van der Waals surface area contributed by atoms with Crippen LogP contribution >= 0.6 is 11.3 Å². The number of amides is 2. The maximum absolute atomic E-state index is 12.3. The predicted octanol–water partition coefficient (Wildman–Crippen LogP) is 4.33. The Kier molecular flexibility index (Phi) is 5.72. The third-order valence-electron chi connectivity index (χ3n) is 6.26. The zero-order chi connectivity index (χ0) is 23.1. The van der Waals surface area contributed by atoms with E-state index < -0.39 is 0 Å². The monoisotopic (exact) mass is 463 g/mol. The Labute approximate surface area is 197 Å². The van der Waals surface area contributed by atoms with Crippen LogP contribution in [-0.4, -0.2) is 77.5 Å². The fourth-order valence-corrected chi connectivity index (χ4v) is 5.59. The first-order valence-electron chi connectivity index (χ1n) is 11.2. The summed E-state index contributed by atoms with van der Waals surface area (Å²) in [6.07, 6.45) is 0. The summed E-state index contributed by atoms with van der Waals surface area (Å²) in [5, 5.41) is 0. The molecule has 8 heteroatoms. The molecule has 2 aromatic heterocycles. The van der Waals surface area contributed by atoms with E-state index in [9.17, 15) is 4.79 Å². The van der Waals surface area contributed by atoms with Crippen molar-refractivity contribution in [2.75, 3.05) is 47.4 Å². The van der Waals surface area contributed by atoms with Gasteiger partial charge >= 0.3 is 6.03 Å². The van der Waals surface area contributed by atoms with Crippen LogP contribution in [0.2, 0.25) is 0 Å². The predicted molar refractivity (Wildman–Crippen MR) is 133 cm³/mol. The van der Waals surface area contributed by atoms with E-state index in [0.717, 1.165) is 54.7 Å². The lowest BCUT2D eigenvalue weighted by atomic mass is 10.1. The number of carbonyl (C=O) groups is 1. The number of urea groups is 1. The molecule has 1 fully saturated rings. The van der Waals surface area contributed by atoms with Crippen LogP contribution in [0.5, 0.6) is 5.75 Å². The topological polar surface area (TPSA) is 53.3 Å². The first-order valence-corrected chi connectivity index (χ1v) is 12.0. The number of thiazole rings is 1. The highest BCUT2D eigenvalue weighted by molar-refractivity contribution is 7.23. The van der Waals surface area contributed by atoms with Crippen molar-refractivity contribution in [3.8, 4) is 17.0 Å². The first kappa shape index (κ1) is 21.7. The molecule has 172 valence electrons. The summed E-state index contributed by atoms with van der Waals surface area (Å²) in [6.45, 7) is 6.07. The molecule has 0 saturated carbocycles. The zero-order valence-corrected chi connectivity index (χ0v) is 20.4. The Morgan fingerprint density at radius 2 is 1.82 bits per heavy atom. The highest BCUT2D eigenvalue weighted by Crippen LogP contribution is 2.34. The van der Waals surface area contributed by atoms with E-state index in [1.54, 1.807) is 23.3 Å². The molecule has 0 N–H and O–H groups in total. The molecule has 33 heavy (non-hydrogen) atoms. The van der Waals surface area contributed by atoms with Crippen LogP contribution in [-0.2, 0) is 6.54 Å². The zero-order valence-electron chi connectivity index (χ0n) is 19.5. The van der Waals surface area contributed by atoms with Crippen LogP contribution in [0.1, 0.15) is 11.3 Å². The maximum Gasteiger partial charge on any atom is 0.319 e. The van der Waals surface area contributed by atoms with E-state index in [2.05, 4.69) is 46.6 Å². The summed E-state index contributed by atoms with van der Waals surface area (Å²) < 4.78 is 8.92. The summed E-state index contributed by atoms with van der Waals surface area (Å²) >= 11 is 1.73. The number of imidazole rings is 1. The van der Waals surface area contributed by atoms with Crippen molar-refractivity contribution in [1.29, 1.82) is 0 Å². The molecular formula is C25H29N5O2S. The molecule has 0 radical (unpaired) electrons. The second kappa shape index (κ2) is 8.68. The summed E-state index contributed by atoms with van der Waals surface area (Å²) in [4.78, 5) is 24.4. The Morgan fingerprint density at radius 1 is 1.09 bits per heavy atom. The first-order chi connectivity index (χ1) is 15.9. The number of aromatic nitrogens is 2. The van der Waals surface area contributed by atoms with Crippen molar-refractivity contribution in [2.45, 2.75) is 13.5 Å². The quantitative estimate of drug-likeness (QED) is 0.452. The number of carbonyl (C=O) groups excluding carboxylic acids is 1. The average Bonchev–Trinajstić information content (AvgIpc) is 3.35. The fraction of sp³-hybridized carbons (Fsp3) is 0.360. The summed E-state index contributed by atoms with van der Waals surface area (Å²) in [5.41, 5.74) is 5.74. The molecule has 0 aliphatic carbocycles. The van der Waals surface area contributed by atoms with Gasteiger partial charge in [-0.2, -0.15) is 0 Å². The van der Waals surface area contributed by atoms with Gasteiger partial charge in [0.05, 0.1) is 28.7 Å². The fourth-order valence-electron chi connectivity index (χ4n) is 4.45. The normalized spacial score (nSPS) is 14.8. The average molecular weight is 464 g/mol. The molecule has 3 heterocycles. The van der Waals surface area contributed by atoms with E-state index in [-0.39, 0.29) is 6.03 Å². The van der Waals surface area contributed by atoms with E-state index >= 15 is 0 Å². The molecule has 7 nitrogen and oxygen atoms in total. The Bertz CT molecular complexity index is 1300. The lowest BCUT2D eigenvalue weighted by molar-refractivity contribution is 0.119. The van der Waals surface area contributed by atoms with Crippen LogP contribution in [0, 0.1) is 6.92 Å². The number of hydrogen-bond acceptors (Lipinski definition) is 5. The van der Waals surface area contributed by atoms with Crippen molar-refractivity contribution in [3.05, 3.63) is 53.7 Å². The number of methoxy groups -OCH3 is 1. The molecule has 0 atom stereocenters. The largest absolute Gasteiger partial charge is 0.497 e. The highest BCUT2D eigenvalue weighted by Gasteiger charge is 2.25. The Morgan fingerprint density at radius 3 is 2.48 bits per heavy atom. The van der Waals surface area contributed by atoms with Crippen LogP contribution in [0.15, 0.2) is 42.5 Å². The standard InChI is InChI=1S/C25H29N5O2S/c1-17-5-10-20-22(15-17)33-24-26-23(18-6-8-19(32-4)9-7-18)21(30(20)24)16-28-11-13-29(14-12-28)25(31)27(2)3/h5-10,15H,11-14,16H2,1-4H3.